The molecule has 2 atom stereocenters. The summed E-state index contributed by atoms with van der Waals surface area (Å²) in [5, 5.41) is 16.3. The number of anilines is 2. The van der Waals surface area contributed by atoms with Gasteiger partial charge in [-0.05, 0) is 18.6 Å². The van der Waals surface area contributed by atoms with Crippen molar-refractivity contribution in [3.05, 3.63) is 76.9 Å². The smallest absolute Gasteiger partial charge is 0.335 e. The fourth-order valence-corrected chi connectivity index (χ4v) is 4.90. The molecule has 3 heterocycles. The molecule has 1 fully saturated rings. The second kappa shape index (κ2) is 9.26. The van der Waals surface area contributed by atoms with Crippen LogP contribution in [0.25, 0.3) is 0 Å². The van der Waals surface area contributed by atoms with Gasteiger partial charge in [-0.15, -0.1) is 0 Å². The van der Waals surface area contributed by atoms with Gasteiger partial charge >= 0.3 is 12.0 Å². The second-order valence-corrected chi connectivity index (χ2v) is 9.12. The fraction of sp³-hybridized carbons (Fsp3) is 0.280. The molecule has 5 rings (SSSR count). The first-order valence-electron chi connectivity index (χ1n) is 11.5. The molecule has 2 aliphatic heterocycles. The first-order valence-corrected chi connectivity index (χ1v) is 11.5. The van der Waals surface area contributed by atoms with Gasteiger partial charge in [-0.2, -0.15) is 5.10 Å². The van der Waals surface area contributed by atoms with Crippen molar-refractivity contribution >= 4 is 29.3 Å². The van der Waals surface area contributed by atoms with Crippen LogP contribution in [0.4, 0.5) is 29.3 Å². The number of aromatic nitrogens is 2. The molecule has 192 valence electrons. The molecule has 2 N–H and O–H groups in total. The number of nitrogens with zero attached hydrogens (tertiary/aromatic N) is 4. The summed E-state index contributed by atoms with van der Waals surface area (Å²) in [6, 6.07) is 6.95. The largest absolute Gasteiger partial charge is 0.478 e. The quantitative estimate of drug-likeness (QED) is 0.514. The number of hydrogen-bond acceptors (Lipinski definition) is 4. The Morgan fingerprint density at radius 1 is 1.11 bits per heavy atom. The molecule has 0 saturated carbocycles. The maximum absolute atomic E-state index is 13.6. The van der Waals surface area contributed by atoms with Crippen LogP contribution in [0.2, 0.25) is 0 Å². The van der Waals surface area contributed by atoms with Crippen LogP contribution < -0.4 is 10.2 Å². The number of fused-ring (bicyclic) bond motifs is 1. The Morgan fingerprint density at radius 3 is 2.51 bits per heavy atom. The number of benzene rings is 2. The summed E-state index contributed by atoms with van der Waals surface area (Å²) < 4.78 is 42.1. The third-order valence-corrected chi connectivity index (χ3v) is 6.76. The van der Waals surface area contributed by atoms with Crippen molar-refractivity contribution in [3.8, 4) is 0 Å². The number of carbonyl (C=O) groups excluding carboxylic acids is 2. The van der Waals surface area contributed by atoms with Gasteiger partial charge in [0.2, 0.25) is 5.91 Å². The maximum atomic E-state index is 13.6. The Morgan fingerprint density at radius 2 is 1.81 bits per heavy atom. The third kappa shape index (κ3) is 4.39. The minimum absolute atomic E-state index is 0.0502. The summed E-state index contributed by atoms with van der Waals surface area (Å²) in [5.74, 6) is -6.07. The average Bonchev–Trinajstić information content (AvgIpc) is 3.44. The molecular formula is C25H22F3N5O4. The number of urea groups is 1. The molecular weight excluding hydrogens is 491 g/mol. The van der Waals surface area contributed by atoms with Gasteiger partial charge in [-0.3, -0.25) is 9.48 Å². The first kappa shape index (κ1) is 24.3. The van der Waals surface area contributed by atoms with Crippen LogP contribution in [0, 0.1) is 17.5 Å². The standard InChI is InChI=1S/C25H22F3N5O4/c1-13-10-33-21(12-31(13)25(37)30-15-7-18(26)23(28)19(27)8-15)20(9-29-33)32-11-14(6-22(32)34)16-4-2-3-5-17(16)24(35)36/h2-5,7-9,13-14H,6,10-12H2,1H3,(H,30,37)(H,35,36)/t13-,14?/m0/s1. The summed E-state index contributed by atoms with van der Waals surface area (Å²) in [6.45, 7) is 2.38. The molecule has 3 amide bonds. The van der Waals surface area contributed by atoms with E-state index in [-0.39, 0.29) is 48.6 Å². The monoisotopic (exact) mass is 513 g/mol. The molecule has 0 spiro atoms. The van der Waals surface area contributed by atoms with Gasteiger partial charge in [-0.1, -0.05) is 18.2 Å². The van der Waals surface area contributed by atoms with Gasteiger partial charge in [0.05, 0.1) is 42.3 Å². The van der Waals surface area contributed by atoms with Gasteiger partial charge in [-0.25, -0.2) is 22.8 Å². The van der Waals surface area contributed by atoms with E-state index < -0.39 is 29.5 Å². The van der Waals surface area contributed by atoms with Crippen molar-refractivity contribution in [1.29, 1.82) is 0 Å². The zero-order chi connectivity index (χ0) is 26.4. The van der Waals surface area contributed by atoms with Crippen LogP contribution in [0.15, 0.2) is 42.6 Å². The van der Waals surface area contributed by atoms with Crippen molar-refractivity contribution in [2.45, 2.75) is 38.4 Å². The molecule has 12 heteroatoms. The number of rotatable bonds is 4. The van der Waals surface area contributed by atoms with E-state index in [1.54, 1.807) is 34.7 Å². The number of hydrogen-bond donors (Lipinski definition) is 2. The van der Waals surface area contributed by atoms with Crippen molar-refractivity contribution in [1.82, 2.24) is 14.7 Å². The van der Waals surface area contributed by atoms with E-state index in [9.17, 15) is 32.7 Å². The van der Waals surface area contributed by atoms with Crippen LogP contribution in [0.1, 0.15) is 40.9 Å². The molecule has 1 saturated heterocycles. The minimum atomic E-state index is -1.63. The Hall–Kier alpha value is -4.35. The van der Waals surface area contributed by atoms with Gasteiger partial charge < -0.3 is 20.2 Å². The van der Waals surface area contributed by atoms with E-state index in [1.165, 1.54) is 17.2 Å². The van der Waals surface area contributed by atoms with Crippen molar-refractivity contribution in [3.63, 3.8) is 0 Å². The zero-order valence-electron chi connectivity index (χ0n) is 19.6. The molecule has 1 unspecified atom stereocenters. The van der Waals surface area contributed by atoms with Crippen LogP contribution in [0.3, 0.4) is 0 Å². The number of carboxylic acids is 1. The molecule has 3 aromatic rings. The third-order valence-electron chi connectivity index (χ3n) is 6.76. The van der Waals surface area contributed by atoms with Crippen LogP contribution in [0.5, 0.6) is 0 Å². The molecule has 2 aromatic carbocycles. The van der Waals surface area contributed by atoms with E-state index in [2.05, 4.69) is 10.4 Å². The van der Waals surface area contributed by atoms with Gasteiger partial charge in [0, 0.05) is 36.7 Å². The highest BCUT2D eigenvalue weighted by Crippen LogP contribution is 2.36. The molecule has 0 bridgehead atoms. The van der Waals surface area contributed by atoms with Crippen LogP contribution >= 0.6 is 0 Å². The SMILES string of the molecule is C[C@H]1Cn2ncc(N3CC(c4ccccc4C(=O)O)CC3=O)c2CN1C(=O)Nc1cc(F)c(F)c(F)c1. The number of carboxylic acid groups (broad SMARTS) is 1. The van der Waals surface area contributed by atoms with Crippen molar-refractivity contribution < 1.29 is 32.7 Å². The summed E-state index contributed by atoms with van der Waals surface area (Å²) in [5.41, 5.74) is 1.57. The molecule has 0 radical (unpaired) electrons. The van der Waals surface area contributed by atoms with Crippen LogP contribution in [-0.4, -0.2) is 50.3 Å². The lowest BCUT2D eigenvalue weighted by Crippen LogP contribution is -2.47. The molecule has 2 aliphatic rings. The highest BCUT2D eigenvalue weighted by Gasteiger charge is 2.38. The van der Waals surface area contributed by atoms with E-state index in [4.69, 9.17) is 0 Å². The lowest BCUT2D eigenvalue weighted by molar-refractivity contribution is -0.117. The first-order chi connectivity index (χ1) is 17.6. The number of carbonyl (C=O) groups is 3. The normalized spacial score (nSPS) is 19.2. The van der Waals surface area contributed by atoms with E-state index in [1.807, 2.05) is 0 Å². The Bertz CT molecular complexity index is 1400. The number of aromatic carboxylic acids is 1. The number of nitrogens with one attached hydrogen (secondary N) is 1. The fourth-order valence-electron chi connectivity index (χ4n) is 4.90. The topological polar surface area (TPSA) is 108 Å². The minimum Gasteiger partial charge on any atom is -0.478 e. The number of halogens is 3. The molecule has 9 nitrogen and oxygen atoms in total. The summed E-state index contributed by atoms with van der Waals surface area (Å²) in [4.78, 5) is 40.6. The van der Waals surface area contributed by atoms with Gasteiger partial charge in [0.25, 0.3) is 0 Å². The number of amides is 3. The lowest BCUT2D eigenvalue weighted by Gasteiger charge is -2.35. The van der Waals surface area contributed by atoms with Crippen molar-refractivity contribution in [2.24, 2.45) is 0 Å². The summed E-state index contributed by atoms with van der Waals surface area (Å²) >= 11 is 0. The lowest BCUT2D eigenvalue weighted by atomic mass is 9.93. The zero-order valence-corrected chi connectivity index (χ0v) is 19.6. The molecule has 1 aromatic heterocycles. The van der Waals surface area contributed by atoms with Gasteiger partial charge in [0.1, 0.15) is 0 Å². The van der Waals surface area contributed by atoms with E-state index in [0.717, 1.165) is 0 Å². The average molecular weight is 513 g/mol. The van der Waals surface area contributed by atoms with Crippen molar-refractivity contribution in [2.75, 3.05) is 16.8 Å². The Balaban J connectivity index is 1.37. The Kier molecular flexibility index (Phi) is 6.10. The Labute approximate surface area is 209 Å². The van der Waals surface area contributed by atoms with Gasteiger partial charge in [0.15, 0.2) is 17.5 Å². The predicted molar refractivity (Wildman–Crippen MR) is 126 cm³/mol. The van der Waals surface area contributed by atoms with E-state index in [0.29, 0.717) is 35.6 Å². The summed E-state index contributed by atoms with van der Waals surface area (Å²) in [7, 11) is 0. The molecule has 0 aliphatic carbocycles. The maximum Gasteiger partial charge on any atom is 0.335 e. The predicted octanol–water partition coefficient (Wildman–Crippen LogP) is 3.96. The highest BCUT2D eigenvalue weighted by atomic mass is 19.2. The second-order valence-electron chi connectivity index (χ2n) is 9.12. The van der Waals surface area contributed by atoms with E-state index >= 15 is 0 Å². The van der Waals surface area contributed by atoms with Crippen LogP contribution in [-0.2, 0) is 17.9 Å². The molecule has 37 heavy (non-hydrogen) atoms. The highest BCUT2D eigenvalue weighted by molar-refractivity contribution is 5.98. The summed E-state index contributed by atoms with van der Waals surface area (Å²) in [6.07, 6.45) is 1.66.